The summed E-state index contributed by atoms with van der Waals surface area (Å²) in [4.78, 5) is 18.2. The predicted molar refractivity (Wildman–Crippen MR) is 100 cm³/mol. The van der Waals surface area contributed by atoms with Crippen LogP contribution in [0.15, 0.2) is 41.4 Å². The highest BCUT2D eigenvalue weighted by Gasteiger charge is 2.37. The highest BCUT2D eigenvalue weighted by Crippen LogP contribution is 2.38. The molecule has 26 heavy (non-hydrogen) atoms. The lowest BCUT2D eigenvalue weighted by Gasteiger charge is -2.28. The van der Waals surface area contributed by atoms with Crippen molar-refractivity contribution in [1.82, 2.24) is 14.5 Å². The fraction of sp³-hybridized carbons (Fsp3) is 0.474. The van der Waals surface area contributed by atoms with Crippen molar-refractivity contribution < 1.29 is 13.9 Å². The van der Waals surface area contributed by atoms with E-state index in [1.165, 1.54) is 6.07 Å². The SMILES string of the molecule is CC(C)(C)OC(=O)N1CCC(C(c2c(F)cccc2Br)n2ccnc2)C1. The first-order valence-electron chi connectivity index (χ1n) is 8.65. The lowest BCUT2D eigenvalue weighted by molar-refractivity contribution is 0.0285. The van der Waals surface area contributed by atoms with E-state index < -0.39 is 5.60 Å². The molecule has 1 aromatic heterocycles. The van der Waals surface area contributed by atoms with Crippen LogP contribution in [0.3, 0.4) is 0 Å². The lowest BCUT2D eigenvalue weighted by Crippen LogP contribution is -2.36. The maximum absolute atomic E-state index is 14.7. The van der Waals surface area contributed by atoms with Crippen molar-refractivity contribution >= 4 is 22.0 Å². The topological polar surface area (TPSA) is 47.4 Å². The molecule has 1 amide bonds. The zero-order valence-electron chi connectivity index (χ0n) is 15.2. The maximum Gasteiger partial charge on any atom is 0.410 e. The Balaban J connectivity index is 1.87. The summed E-state index contributed by atoms with van der Waals surface area (Å²) in [5, 5.41) is 0. The number of amides is 1. The third-order valence-electron chi connectivity index (χ3n) is 4.46. The Morgan fingerprint density at radius 2 is 2.19 bits per heavy atom. The maximum atomic E-state index is 14.7. The van der Waals surface area contributed by atoms with Gasteiger partial charge in [0, 0.05) is 41.4 Å². The van der Waals surface area contributed by atoms with Gasteiger partial charge in [0.25, 0.3) is 0 Å². The molecule has 3 rings (SSSR count). The number of carbonyl (C=O) groups excluding carboxylic acids is 1. The van der Waals surface area contributed by atoms with Crippen molar-refractivity contribution in [2.75, 3.05) is 13.1 Å². The minimum absolute atomic E-state index is 0.0601. The van der Waals surface area contributed by atoms with Gasteiger partial charge in [-0.25, -0.2) is 14.2 Å². The molecule has 0 N–H and O–H groups in total. The molecule has 7 heteroatoms. The summed E-state index contributed by atoms with van der Waals surface area (Å²) >= 11 is 3.49. The van der Waals surface area contributed by atoms with Gasteiger partial charge in [0.05, 0.1) is 12.4 Å². The van der Waals surface area contributed by atoms with Crippen molar-refractivity contribution in [3.63, 3.8) is 0 Å². The molecule has 0 radical (unpaired) electrons. The van der Waals surface area contributed by atoms with Crippen LogP contribution in [0.1, 0.15) is 38.8 Å². The first-order chi connectivity index (χ1) is 12.3. The minimum Gasteiger partial charge on any atom is -0.444 e. The first kappa shape index (κ1) is 18.9. The molecule has 1 saturated heterocycles. The molecule has 0 aliphatic carbocycles. The average Bonchev–Trinajstić information content (AvgIpc) is 3.21. The molecule has 140 valence electrons. The Bertz CT molecular complexity index is 753. The van der Waals surface area contributed by atoms with Gasteiger partial charge in [-0.05, 0) is 39.3 Å². The fourth-order valence-electron chi connectivity index (χ4n) is 3.39. The molecule has 2 aromatic rings. The number of halogens is 2. The van der Waals surface area contributed by atoms with Gasteiger partial charge in [-0.2, -0.15) is 0 Å². The van der Waals surface area contributed by atoms with Crippen molar-refractivity contribution in [2.45, 2.75) is 38.8 Å². The van der Waals surface area contributed by atoms with Gasteiger partial charge in [0.15, 0.2) is 0 Å². The van der Waals surface area contributed by atoms with E-state index in [1.54, 1.807) is 23.5 Å². The van der Waals surface area contributed by atoms with E-state index in [0.29, 0.717) is 23.1 Å². The van der Waals surface area contributed by atoms with Gasteiger partial charge in [0.1, 0.15) is 11.4 Å². The number of benzene rings is 1. The molecule has 2 heterocycles. The number of hydrogen-bond donors (Lipinski definition) is 0. The van der Waals surface area contributed by atoms with E-state index in [4.69, 9.17) is 4.74 Å². The number of ether oxygens (including phenoxy) is 1. The molecular formula is C19H23BrFN3O2. The van der Waals surface area contributed by atoms with E-state index in [2.05, 4.69) is 20.9 Å². The second-order valence-electron chi connectivity index (χ2n) is 7.57. The molecule has 1 aromatic carbocycles. The van der Waals surface area contributed by atoms with Crippen LogP contribution in [0.25, 0.3) is 0 Å². The molecule has 1 fully saturated rings. The van der Waals surface area contributed by atoms with E-state index >= 15 is 0 Å². The van der Waals surface area contributed by atoms with E-state index in [0.717, 1.165) is 6.42 Å². The number of aromatic nitrogens is 2. The average molecular weight is 424 g/mol. The summed E-state index contributed by atoms with van der Waals surface area (Å²) in [6.45, 7) is 6.66. The molecule has 0 saturated carbocycles. The van der Waals surface area contributed by atoms with E-state index in [-0.39, 0.29) is 23.9 Å². The van der Waals surface area contributed by atoms with Crippen LogP contribution >= 0.6 is 15.9 Å². The molecule has 1 aliphatic rings. The van der Waals surface area contributed by atoms with Gasteiger partial charge >= 0.3 is 6.09 Å². The normalized spacial score (nSPS) is 18.8. The fourth-order valence-corrected chi connectivity index (χ4v) is 3.97. The number of likely N-dealkylation sites (tertiary alicyclic amines) is 1. The second-order valence-corrected chi connectivity index (χ2v) is 8.42. The van der Waals surface area contributed by atoms with Crippen molar-refractivity contribution in [1.29, 1.82) is 0 Å². The largest absolute Gasteiger partial charge is 0.444 e. The van der Waals surface area contributed by atoms with Gasteiger partial charge in [0.2, 0.25) is 0 Å². The van der Waals surface area contributed by atoms with E-state index in [1.807, 2.05) is 37.6 Å². The first-order valence-corrected chi connectivity index (χ1v) is 9.45. The minimum atomic E-state index is -0.534. The Kier molecular flexibility index (Phi) is 5.37. The van der Waals surface area contributed by atoms with Gasteiger partial charge in [-0.3, -0.25) is 0 Å². The van der Waals surface area contributed by atoms with Crippen molar-refractivity contribution in [3.05, 3.63) is 52.8 Å². The van der Waals surface area contributed by atoms with Crippen LogP contribution in [-0.4, -0.2) is 39.2 Å². The highest BCUT2D eigenvalue weighted by molar-refractivity contribution is 9.10. The van der Waals surface area contributed by atoms with Crippen molar-refractivity contribution in [3.8, 4) is 0 Å². The lowest BCUT2D eigenvalue weighted by atomic mass is 9.91. The Morgan fingerprint density at radius 3 is 2.81 bits per heavy atom. The van der Waals surface area contributed by atoms with Crippen LogP contribution in [-0.2, 0) is 4.74 Å². The third-order valence-corrected chi connectivity index (χ3v) is 5.16. The van der Waals surface area contributed by atoms with Crippen LogP contribution in [0.4, 0.5) is 9.18 Å². The quantitative estimate of drug-likeness (QED) is 0.722. The monoisotopic (exact) mass is 423 g/mol. The van der Waals surface area contributed by atoms with Crippen LogP contribution < -0.4 is 0 Å². The number of rotatable bonds is 3. The second kappa shape index (κ2) is 7.39. The molecule has 2 unspecified atom stereocenters. The predicted octanol–water partition coefficient (Wildman–Crippen LogP) is 4.63. The van der Waals surface area contributed by atoms with Gasteiger partial charge < -0.3 is 14.2 Å². The summed E-state index contributed by atoms with van der Waals surface area (Å²) in [5.41, 5.74) is 0.0505. The molecule has 0 bridgehead atoms. The van der Waals surface area contributed by atoms with Crippen LogP contribution in [0, 0.1) is 11.7 Å². The Hall–Kier alpha value is -1.89. The number of imidazole rings is 1. The highest BCUT2D eigenvalue weighted by atomic mass is 79.9. The zero-order chi connectivity index (χ0) is 18.9. The molecule has 1 aliphatic heterocycles. The molecule has 5 nitrogen and oxygen atoms in total. The number of nitrogens with zero attached hydrogens (tertiary/aromatic N) is 3. The number of carbonyl (C=O) groups is 1. The standard InChI is InChI=1S/C19H23BrFN3O2/c1-19(2,3)26-18(25)23-9-7-13(11-23)17(24-10-8-22-12-24)16-14(20)5-4-6-15(16)21/h4-6,8,10,12-13,17H,7,9,11H2,1-3H3. The summed E-state index contributed by atoms with van der Waals surface area (Å²) in [6, 6.07) is 4.73. The molecule has 0 spiro atoms. The van der Waals surface area contributed by atoms with E-state index in [9.17, 15) is 9.18 Å². The third kappa shape index (κ3) is 4.09. The zero-order valence-corrected chi connectivity index (χ0v) is 16.7. The molecular weight excluding hydrogens is 401 g/mol. The Labute approximate surface area is 161 Å². The summed E-state index contributed by atoms with van der Waals surface area (Å²) < 4.78 is 22.8. The van der Waals surface area contributed by atoms with Gasteiger partial charge in [-0.1, -0.05) is 22.0 Å². The molecule has 2 atom stereocenters. The van der Waals surface area contributed by atoms with Crippen LogP contribution in [0.2, 0.25) is 0 Å². The van der Waals surface area contributed by atoms with Crippen LogP contribution in [0.5, 0.6) is 0 Å². The van der Waals surface area contributed by atoms with Gasteiger partial charge in [-0.15, -0.1) is 0 Å². The summed E-state index contributed by atoms with van der Waals surface area (Å²) in [7, 11) is 0. The summed E-state index contributed by atoms with van der Waals surface area (Å²) in [5.74, 6) is -0.210. The summed E-state index contributed by atoms with van der Waals surface area (Å²) in [6.07, 6.45) is 5.65. The van der Waals surface area contributed by atoms with Crippen molar-refractivity contribution in [2.24, 2.45) is 5.92 Å². The Morgan fingerprint density at radius 1 is 1.42 bits per heavy atom. The smallest absolute Gasteiger partial charge is 0.410 e. The number of hydrogen-bond acceptors (Lipinski definition) is 3.